The van der Waals surface area contributed by atoms with Crippen LogP contribution in [0.4, 0.5) is 0 Å². The molecule has 0 saturated carbocycles. The number of benzene rings is 1. The van der Waals surface area contributed by atoms with Crippen LogP contribution in [0.1, 0.15) is 48.7 Å². The lowest BCUT2D eigenvalue weighted by atomic mass is 9.75. The van der Waals surface area contributed by atoms with Crippen LogP contribution in [0.3, 0.4) is 0 Å². The van der Waals surface area contributed by atoms with E-state index in [1.807, 2.05) is 24.3 Å². The van der Waals surface area contributed by atoms with Crippen molar-refractivity contribution in [3.63, 3.8) is 0 Å². The van der Waals surface area contributed by atoms with Crippen LogP contribution in [0.5, 0.6) is 0 Å². The summed E-state index contributed by atoms with van der Waals surface area (Å²) in [5.74, 6) is 0.283. The maximum Gasteiger partial charge on any atom is 0.189 e. The molecule has 2 nitrogen and oxygen atoms in total. The number of fused-ring (bicyclic) bond motifs is 2. The lowest BCUT2D eigenvalue weighted by molar-refractivity contribution is 0.0995. The Hall–Kier alpha value is -1.41. The molecule has 18 heavy (non-hydrogen) atoms. The summed E-state index contributed by atoms with van der Waals surface area (Å²) in [5, 5.41) is 10.4. The number of aliphatic hydroxyl groups is 1. The van der Waals surface area contributed by atoms with E-state index in [0.29, 0.717) is 12.0 Å². The molecule has 0 radical (unpaired) electrons. The molecular weight excluding hydrogens is 224 g/mol. The van der Waals surface area contributed by atoms with Crippen LogP contribution in [0, 0.1) is 11.3 Å². The molecule has 2 aliphatic carbocycles. The highest BCUT2D eigenvalue weighted by Gasteiger charge is 2.43. The Morgan fingerprint density at radius 3 is 2.78 bits per heavy atom. The molecule has 2 heteroatoms. The number of Topliss-reactive ketones (excluding diaryl/α,β-unsaturated/α-hetero) is 1. The maximum atomic E-state index is 12.6. The van der Waals surface area contributed by atoms with Crippen molar-refractivity contribution in [2.45, 2.75) is 32.8 Å². The van der Waals surface area contributed by atoms with Crippen LogP contribution in [0.25, 0.3) is 0 Å². The first-order valence-corrected chi connectivity index (χ1v) is 6.52. The average Bonchev–Trinajstić information content (AvgIpc) is 2.58. The van der Waals surface area contributed by atoms with E-state index >= 15 is 0 Å². The molecule has 0 aromatic heterocycles. The minimum atomic E-state index is -0.529. The van der Waals surface area contributed by atoms with Crippen molar-refractivity contribution < 1.29 is 9.90 Å². The fraction of sp³-hybridized carbons (Fsp3) is 0.438. The third kappa shape index (κ3) is 1.56. The molecule has 0 saturated heterocycles. The summed E-state index contributed by atoms with van der Waals surface area (Å²) in [6, 6.07) is 7.45. The number of ketones is 1. The van der Waals surface area contributed by atoms with E-state index in [2.05, 4.69) is 19.9 Å². The zero-order chi connectivity index (χ0) is 12.9. The molecular formula is C16H18O2. The Morgan fingerprint density at radius 2 is 2.00 bits per heavy atom. The quantitative estimate of drug-likeness (QED) is 0.758. The highest BCUT2D eigenvalue weighted by molar-refractivity contribution is 6.10. The molecule has 2 aliphatic rings. The minimum absolute atomic E-state index is 0.0774. The third-order valence-electron chi connectivity index (χ3n) is 4.45. The predicted octanol–water partition coefficient (Wildman–Crippen LogP) is 3.28. The van der Waals surface area contributed by atoms with Crippen molar-refractivity contribution in [1.29, 1.82) is 0 Å². The Labute approximate surface area is 107 Å². The van der Waals surface area contributed by atoms with Crippen LogP contribution in [0.15, 0.2) is 35.9 Å². The van der Waals surface area contributed by atoms with Gasteiger partial charge in [-0.1, -0.05) is 44.2 Å². The van der Waals surface area contributed by atoms with Gasteiger partial charge in [0.25, 0.3) is 0 Å². The second-order valence-corrected chi connectivity index (χ2v) is 6.07. The van der Waals surface area contributed by atoms with Gasteiger partial charge < -0.3 is 5.11 Å². The van der Waals surface area contributed by atoms with Crippen LogP contribution >= 0.6 is 0 Å². The number of carbonyl (C=O) groups is 1. The highest BCUT2D eigenvalue weighted by atomic mass is 16.3. The molecule has 3 rings (SSSR count). The van der Waals surface area contributed by atoms with Crippen molar-refractivity contribution in [2.75, 3.05) is 0 Å². The van der Waals surface area contributed by atoms with Crippen molar-refractivity contribution >= 4 is 5.78 Å². The fourth-order valence-electron chi connectivity index (χ4n) is 3.28. The average molecular weight is 242 g/mol. The van der Waals surface area contributed by atoms with Gasteiger partial charge in [-0.3, -0.25) is 4.79 Å². The second kappa shape index (κ2) is 3.79. The van der Waals surface area contributed by atoms with Crippen molar-refractivity contribution in [1.82, 2.24) is 0 Å². The van der Waals surface area contributed by atoms with E-state index in [9.17, 15) is 9.90 Å². The summed E-state index contributed by atoms with van der Waals surface area (Å²) in [7, 11) is 0. The monoisotopic (exact) mass is 242 g/mol. The van der Waals surface area contributed by atoms with Crippen molar-refractivity contribution in [3.8, 4) is 0 Å². The Morgan fingerprint density at radius 1 is 1.28 bits per heavy atom. The largest absolute Gasteiger partial charge is 0.388 e. The molecule has 0 unspecified atom stereocenters. The number of hydrogen-bond donors (Lipinski definition) is 1. The molecule has 0 aliphatic heterocycles. The van der Waals surface area contributed by atoms with Gasteiger partial charge in [-0.25, -0.2) is 0 Å². The fourth-order valence-corrected chi connectivity index (χ4v) is 3.28. The van der Waals surface area contributed by atoms with Gasteiger partial charge in [0.05, 0.1) is 6.10 Å². The zero-order valence-corrected chi connectivity index (χ0v) is 10.8. The summed E-state index contributed by atoms with van der Waals surface area (Å²) in [6.07, 6.45) is 3.12. The van der Waals surface area contributed by atoms with Gasteiger partial charge in [-0.2, -0.15) is 0 Å². The molecule has 0 bridgehead atoms. The molecule has 1 aromatic carbocycles. The van der Waals surface area contributed by atoms with Crippen LogP contribution in [-0.4, -0.2) is 10.9 Å². The SMILES string of the molecule is CC1(C)CC=C2C(=O)c3ccccc3[C@@H](O)C[C@H]21. The standard InChI is InChI=1S/C16H18O2/c1-16(2)8-7-12-13(16)9-14(17)10-5-3-4-6-11(10)15(12)18/h3-7,13-14,17H,8-9H2,1-2H3/t13-,14+/m1/s1. The number of hydrogen-bond acceptors (Lipinski definition) is 2. The van der Waals surface area contributed by atoms with Gasteiger partial charge >= 0.3 is 0 Å². The Bertz CT molecular complexity index is 540. The van der Waals surface area contributed by atoms with E-state index in [1.54, 1.807) is 0 Å². The summed E-state index contributed by atoms with van der Waals surface area (Å²) in [6.45, 7) is 4.36. The maximum absolute atomic E-state index is 12.6. The molecule has 0 fully saturated rings. The van der Waals surface area contributed by atoms with Crippen LogP contribution in [0.2, 0.25) is 0 Å². The second-order valence-electron chi connectivity index (χ2n) is 6.07. The molecule has 0 heterocycles. The normalized spacial score (nSPS) is 29.3. The Kier molecular flexibility index (Phi) is 2.46. The number of allylic oxidation sites excluding steroid dienone is 2. The molecule has 0 spiro atoms. The van der Waals surface area contributed by atoms with E-state index in [-0.39, 0.29) is 17.1 Å². The van der Waals surface area contributed by atoms with Crippen LogP contribution < -0.4 is 0 Å². The molecule has 2 atom stereocenters. The summed E-state index contributed by atoms with van der Waals surface area (Å²) < 4.78 is 0. The predicted molar refractivity (Wildman–Crippen MR) is 70.3 cm³/mol. The van der Waals surface area contributed by atoms with E-state index < -0.39 is 6.10 Å². The van der Waals surface area contributed by atoms with E-state index in [1.165, 1.54) is 0 Å². The van der Waals surface area contributed by atoms with Gasteiger partial charge in [0, 0.05) is 5.56 Å². The number of carbonyl (C=O) groups excluding carboxylic acids is 1. The van der Waals surface area contributed by atoms with Gasteiger partial charge in [-0.05, 0) is 35.3 Å². The first-order chi connectivity index (χ1) is 8.50. The summed E-state index contributed by atoms with van der Waals surface area (Å²) in [4.78, 5) is 12.6. The Balaban J connectivity index is 2.14. The zero-order valence-electron chi connectivity index (χ0n) is 10.8. The molecule has 1 aromatic rings. The van der Waals surface area contributed by atoms with Gasteiger partial charge in [-0.15, -0.1) is 0 Å². The first-order valence-electron chi connectivity index (χ1n) is 6.52. The summed E-state index contributed by atoms with van der Waals surface area (Å²) >= 11 is 0. The number of aliphatic hydroxyl groups excluding tert-OH is 1. The van der Waals surface area contributed by atoms with Gasteiger partial charge in [0.15, 0.2) is 5.78 Å². The lowest BCUT2D eigenvalue weighted by Gasteiger charge is -2.29. The summed E-state index contributed by atoms with van der Waals surface area (Å²) in [5.41, 5.74) is 2.45. The lowest BCUT2D eigenvalue weighted by Crippen LogP contribution is -2.23. The van der Waals surface area contributed by atoms with Crippen LogP contribution in [-0.2, 0) is 0 Å². The minimum Gasteiger partial charge on any atom is -0.388 e. The van der Waals surface area contributed by atoms with E-state index in [4.69, 9.17) is 0 Å². The third-order valence-corrected chi connectivity index (χ3v) is 4.45. The molecule has 0 amide bonds. The topological polar surface area (TPSA) is 37.3 Å². The highest BCUT2D eigenvalue weighted by Crippen LogP contribution is 2.49. The smallest absolute Gasteiger partial charge is 0.189 e. The van der Waals surface area contributed by atoms with Crippen molar-refractivity contribution in [3.05, 3.63) is 47.0 Å². The van der Waals surface area contributed by atoms with Crippen molar-refractivity contribution in [2.24, 2.45) is 11.3 Å². The van der Waals surface area contributed by atoms with Gasteiger partial charge in [0.2, 0.25) is 0 Å². The van der Waals surface area contributed by atoms with E-state index in [0.717, 1.165) is 17.6 Å². The molecule has 1 N–H and O–H groups in total. The first kappa shape index (κ1) is 11.7. The molecule has 94 valence electrons. The number of rotatable bonds is 0. The van der Waals surface area contributed by atoms with Gasteiger partial charge in [0.1, 0.15) is 0 Å².